The van der Waals surface area contributed by atoms with Gasteiger partial charge >= 0.3 is 0 Å². The molecular formula is C16H15FO. The summed E-state index contributed by atoms with van der Waals surface area (Å²) in [4.78, 5) is 12.3. The molecule has 0 radical (unpaired) electrons. The molecule has 0 saturated heterocycles. The van der Waals surface area contributed by atoms with Gasteiger partial charge in [0.05, 0.1) is 0 Å². The smallest absolute Gasteiger partial charge is 0.193 e. The quantitative estimate of drug-likeness (QED) is 0.728. The molecular weight excluding hydrogens is 227 g/mol. The lowest BCUT2D eigenvalue weighted by Crippen LogP contribution is -2.03. The van der Waals surface area contributed by atoms with Gasteiger partial charge in [0.2, 0.25) is 0 Å². The first-order valence-corrected chi connectivity index (χ1v) is 5.87. The first kappa shape index (κ1) is 12.5. The highest BCUT2D eigenvalue weighted by molar-refractivity contribution is 6.09. The summed E-state index contributed by atoms with van der Waals surface area (Å²) in [6, 6.07) is 10.6. The molecule has 2 aromatic carbocycles. The molecule has 1 nitrogen and oxygen atoms in total. The zero-order valence-corrected chi connectivity index (χ0v) is 10.8. The topological polar surface area (TPSA) is 17.1 Å². The number of halogens is 1. The lowest BCUT2D eigenvalue weighted by Gasteiger charge is -2.06. The van der Waals surface area contributed by atoms with Gasteiger partial charge in [0.1, 0.15) is 5.82 Å². The Bertz CT molecular complexity index is 574. The van der Waals surface area contributed by atoms with E-state index in [2.05, 4.69) is 0 Å². The second-order valence-electron chi connectivity index (χ2n) is 4.62. The Kier molecular flexibility index (Phi) is 3.28. The van der Waals surface area contributed by atoms with Crippen LogP contribution in [-0.4, -0.2) is 5.78 Å². The first-order chi connectivity index (χ1) is 8.49. The fraction of sp³-hybridized carbons (Fsp3) is 0.188. The van der Waals surface area contributed by atoms with Crippen LogP contribution in [0.4, 0.5) is 4.39 Å². The number of aryl methyl sites for hydroxylation is 3. The third-order valence-corrected chi connectivity index (χ3v) is 3.01. The van der Waals surface area contributed by atoms with E-state index < -0.39 is 0 Å². The SMILES string of the molecule is Cc1ccc(C(=O)c2cc(C)c(F)c(C)c2)cc1. The highest BCUT2D eigenvalue weighted by atomic mass is 19.1. The monoisotopic (exact) mass is 242 g/mol. The third-order valence-electron chi connectivity index (χ3n) is 3.01. The molecule has 0 atom stereocenters. The Hall–Kier alpha value is -1.96. The summed E-state index contributed by atoms with van der Waals surface area (Å²) in [6.45, 7) is 5.32. The van der Waals surface area contributed by atoms with Gasteiger partial charge in [0, 0.05) is 11.1 Å². The number of hydrogen-bond acceptors (Lipinski definition) is 1. The van der Waals surface area contributed by atoms with Crippen LogP contribution in [0.1, 0.15) is 32.6 Å². The third kappa shape index (κ3) is 2.33. The molecule has 0 aliphatic heterocycles. The zero-order chi connectivity index (χ0) is 13.3. The minimum Gasteiger partial charge on any atom is -0.289 e. The largest absolute Gasteiger partial charge is 0.289 e. The van der Waals surface area contributed by atoms with Crippen LogP contribution >= 0.6 is 0 Å². The molecule has 0 aliphatic carbocycles. The molecule has 2 rings (SSSR count). The van der Waals surface area contributed by atoms with E-state index in [1.807, 2.05) is 19.1 Å². The van der Waals surface area contributed by atoms with Gasteiger partial charge in [-0.1, -0.05) is 29.8 Å². The lowest BCUT2D eigenvalue weighted by atomic mass is 9.98. The molecule has 2 aromatic rings. The van der Waals surface area contributed by atoms with Gasteiger partial charge in [-0.15, -0.1) is 0 Å². The predicted molar refractivity (Wildman–Crippen MR) is 70.5 cm³/mol. The Balaban J connectivity index is 2.43. The van der Waals surface area contributed by atoms with Crippen molar-refractivity contribution in [2.24, 2.45) is 0 Å². The normalized spacial score (nSPS) is 10.4. The van der Waals surface area contributed by atoms with Crippen LogP contribution in [-0.2, 0) is 0 Å². The van der Waals surface area contributed by atoms with Crippen molar-refractivity contribution in [3.8, 4) is 0 Å². The van der Waals surface area contributed by atoms with Crippen LogP contribution < -0.4 is 0 Å². The number of ketones is 1. The standard InChI is InChI=1S/C16H15FO/c1-10-4-6-13(7-5-10)16(18)14-8-11(2)15(17)12(3)9-14/h4-9H,1-3H3. The van der Waals surface area contributed by atoms with Gasteiger partial charge in [0.25, 0.3) is 0 Å². The molecule has 0 N–H and O–H groups in total. The Morgan fingerprint density at radius 1 is 0.889 bits per heavy atom. The molecule has 0 amide bonds. The zero-order valence-electron chi connectivity index (χ0n) is 10.8. The molecule has 92 valence electrons. The number of benzene rings is 2. The number of carbonyl (C=O) groups is 1. The average Bonchev–Trinajstić information content (AvgIpc) is 2.35. The van der Waals surface area contributed by atoms with Gasteiger partial charge in [-0.25, -0.2) is 4.39 Å². The van der Waals surface area contributed by atoms with Crippen molar-refractivity contribution in [1.82, 2.24) is 0 Å². The van der Waals surface area contributed by atoms with Crippen molar-refractivity contribution in [3.63, 3.8) is 0 Å². The van der Waals surface area contributed by atoms with E-state index in [4.69, 9.17) is 0 Å². The Morgan fingerprint density at radius 3 is 1.89 bits per heavy atom. The highest BCUT2D eigenvalue weighted by Gasteiger charge is 2.12. The first-order valence-electron chi connectivity index (χ1n) is 5.87. The van der Waals surface area contributed by atoms with Crippen LogP contribution in [0.5, 0.6) is 0 Å². The molecule has 0 saturated carbocycles. The van der Waals surface area contributed by atoms with Crippen LogP contribution in [0.15, 0.2) is 36.4 Å². The van der Waals surface area contributed by atoms with Gasteiger partial charge in [-0.2, -0.15) is 0 Å². The van der Waals surface area contributed by atoms with Gasteiger partial charge in [-0.3, -0.25) is 4.79 Å². The van der Waals surface area contributed by atoms with E-state index >= 15 is 0 Å². The minimum absolute atomic E-state index is 0.0683. The summed E-state index contributed by atoms with van der Waals surface area (Å²) in [5, 5.41) is 0. The summed E-state index contributed by atoms with van der Waals surface area (Å²) in [7, 11) is 0. The number of carbonyl (C=O) groups excluding carboxylic acids is 1. The summed E-state index contributed by atoms with van der Waals surface area (Å²) >= 11 is 0. The summed E-state index contributed by atoms with van der Waals surface area (Å²) in [5.74, 6) is -0.309. The van der Waals surface area contributed by atoms with Crippen molar-refractivity contribution >= 4 is 5.78 Å². The fourth-order valence-corrected chi connectivity index (χ4v) is 1.95. The molecule has 2 heteroatoms. The van der Waals surface area contributed by atoms with Crippen LogP contribution in [0.2, 0.25) is 0 Å². The average molecular weight is 242 g/mol. The van der Waals surface area contributed by atoms with E-state index in [9.17, 15) is 9.18 Å². The Morgan fingerprint density at radius 2 is 1.39 bits per heavy atom. The second kappa shape index (κ2) is 4.73. The lowest BCUT2D eigenvalue weighted by molar-refractivity contribution is 0.103. The van der Waals surface area contributed by atoms with Gasteiger partial charge in [-0.05, 0) is 44.0 Å². The molecule has 0 aliphatic rings. The molecule has 18 heavy (non-hydrogen) atoms. The highest BCUT2D eigenvalue weighted by Crippen LogP contribution is 2.18. The van der Waals surface area contributed by atoms with Crippen molar-refractivity contribution in [2.45, 2.75) is 20.8 Å². The summed E-state index contributed by atoms with van der Waals surface area (Å²) in [5.41, 5.74) is 3.29. The summed E-state index contributed by atoms with van der Waals surface area (Å²) in [6.07, 6.45) is 0. The number of hydrogen-bond donors (Lipinski definition) is 0. The maximum absolute atomic E-state index is 13.5. The van der Waals surface area contributed by atoms with Crippen molar-refractivity contribution in [2.75, 3.05) is 0 Å². The van der Waals surface area contributed by atoms with E-state index in [-0.39, 0.29) is 11.6 Å². The van der Waals surface area contributed by atoms with Crippen molar-refractivity contribution < 1.29 is 9.18 Å². The molecule has 0 bridgehead atoms. The maximum atomic E-state index is 13.5. The van der Waals surface area contributed by atoms with Crippen LogP contribution in [0, 0.1) is 26.6 Å². The molecule has 0 unspecified atom stereocenters. The fourth-order valence-electron chi connectivity index (χ4n) is 1.95. The molecule has 0 heterocycles. The van der Waals surface area contributed by atoms with Gasteiger partial charge < -0.3 is 0 Å². The molecule has 0 fully saturated rings. The van der Waals surface area contributed by atoms with E-state index in [0.29, 0.717) is 22.3 Å². The predicted octanol–water partition coefficient (Wildman–Crippen LogP) is 3.98. The minimum atomic E-state index is -0.240. The Labute approximate surface area is 106 Å². The number of rotatable bonds is 2. The maximum Gasteiger partial charge on any atom is 0.193 e. The van der Waals surface area contributed by atoms with E-state index in [0.717, 1.165) is 5.56 Å². The second-order valence-corrected chi connectivity index (χ2v) is 4.62. The van der Waals surface area contributed by atoms with E-state index in [1.165, 1.54) is 0 Å². The molecule has 0 spiro atoms. The molecule has 0 aromatic heterocycles. The van der Waals surface area contributed by atoms with Crippen LogP contribution in [0.25, 0.3) is 0 Å². The van der Waals surface area contributed by atoms with Gasteiger partial charge in [0.15, 0.2) is 5.78 Å². The summed E-state index contributed by atoms with van der Waals surface area (Å²) < 4.78 is 13.5. The van der Waals surface area contributed by atoms with Crippen LogP contribution in [0.3, 0.4) is 0 Å². The van der Waals surface area contributed by atoms with Crippen molar-refractivity contribution in [1.29, 1.82) is 0 Å². The van der Waals surface area contributed by atoms with Crippen molar-refractivity contribution in [3.05, 3.63) is 70.0 Å². The van der Waals surface area contributed by atoms with E-state index in [1.54, 1.807) is 38.1 Å².